The minimum absolute atomic E-state index is 0.205. The van der Waals surface area contributed by atoms with Crippen molar-refractivity contribution in [2.24, 2.45) is 4.99 Å². The molecule has 21 heavy (non-hydrogen) atoms. The van der Waals surface area contributed by atoms with Crippen molar-refractivity contribution in [2.75, 3.05) is 0 Å². The predicted octanol–water partition coefficient (Wildman–Crippen LogP) is 3.58. The van der Waals surface area contributed by atoms with E-state index in [1.54, 1.807) is 6.92 Å². The van der Waals surface area contributed by atoms with Crippen LogP contribution in [0.1, 0.15) is 18.9 Å². The van der Waals surface area contributed by atoms with Crippen LogP contribution in [0.2, 0.25) is 0 Å². The van der Waals surface area contributed by atoms with E-state index in [1.165, 1.54) is 0 Å². The van der Waals surface area contributed by atoms with Crippen molar-refractivity contribution in [1.82, 2.24) is 4.72 Å². The average Bonchev–Trinajstić information content (AvgIpc) is 2.82. The molecule has 2 N–H and O–H groups in total. The summed E-state index contributed by atoms with van der Waals surface area (Å²) < 4.78 is 14.2. The van der Waals surface area contributed by atoms with Crippen molar-refractivity contribution in [3.8, 4) is 0 Å². The monoisotopic (exact) mass is 300 g/mol. The second-order valence-corrected chi connectivity index (χ2v) is 6.97. The standard InChI is InChI=1S/C16H16N2O2S/c1-2-15(19)17-16-13-10-6-7-11-14(13)21(20,18-16)12-8-4-3-5-9-12/h3-11,20H,2H2,1H3,(H,17,18,19). The van der Waals surface area contributed by atoms with Crippen molar-refractivity contribution < 1.29 is 9.35 Å². The molecule has 0 spiro atoms. The van der Waals surface area contributed by atoms with Gasteiger partial charge in [0.15, 0.2) is 0 Å². The SMILES string of the molecule is CCC(=O)N=C1NS(O)(c2ccccc2)c2ccccc21. The molecule has 1 aliphatic heterocycles. The molecule has 4 nitrogen and oxygen atoms in total. The van der Waals surface area contributed by atoms with Gasteiger partial charge >= 0.3 is 0 Å². The fourth-order valence-electron chi connectivity index (χ4n) is 2.26. The second-order valence-electron chi connectivity index (χ2n) is 4.70. The van der Waals surface area contributed by atoms with Gasteiger partial charge in [0.1, 0.15) is 5.84 Å². The third kappa shape index (κ3) is 2.34. The van der Waals surface area contributed by atoms with Crippen LogP contribution in [0.25, 0.3) is 0 Å². The number of hydrogen-bond donors (Lipinski definition) is 2. The van der Waals surface area contributed by atoms with E-state index >= 15 is 0 Å². The number of nitrogens with zero attached hydrogens (tertiary/aromatic N) is 1. The zero-order valence-electron chi connectivity index (χ0n) is 11.6. The summed E-state index contributed by atoms with van der Waals surface area (Å²) in [7, 11) is -2.38. The van der Waals surface area contributed by atoms with Crippen molar-refractivity contribution in [2.45, 2.75) is 23.1 Å². The van der Waals surface area contributed by atoms with Gasteiger partial charge < -0.3 is 9.27 Å². The Morgan fingerprint density at radius 2 is 1.81 bits per heavy atom. The molecule has 0 bridgehead atoms. The number of rotatable bonds is 2. The lowest BCUT2D eigenvalue weighted by Gasteiger charge is -2.30. The summed E-state index contributed by atoms with van der Waals surface area (Å²) in [6.45, 7) is 1.77. The van der Waals surface area contributed by atoms with Crippen LogP contribution in [-0.4, -0.2) is 16.3 Å². The zero-order valence-corrected chi connectivity index (χ0v) is 12.4. The number of nitrogens with one attached hydrogen (secondary N) is 1. The minimum atomic E-state index is -2.38. The first-order valence-corrected chi connectivity index (χ1v) is 8.33. The van der Waals surface area contributed by atoms with Crippen molar-refractivity contribution in [1.29, 1.82) is 0 Å². The second kappa shape index (κ2) is 5.35. The fourth-order valence-corrected chi connectivity index (χ4v) is 4.49. The maximum absolute atomic E-state index is 11.6. The quantitative estimate of drug-likeness (QED) is 0.891. The third-order valence-electron chi connectivity index (χ3n) is 3.33. The number of carbonyl (C=O) groups excluding carboxylic acids is 1. The van der Waals surface area contributed by atoms with Gasteiger partial charge in [-0.1, -0.05) is 43.3 Å². The normalized spacial score (nSPS) is 25.0. The van der Waals surface area contributed by atoms with E-state index < -0.39 is 10.5 Å². The number of amides is 1. The number of benzene rings is 2. The van der Waals surface area contributed by atoms with Crippen molar-refractivity contribution in [3.05, 3.63) is 60.2 Å². The average molecular weight is 300 g/mol. The van der Waals surface area contributed by atoms with Crippen molar-refractivity contribution in [3.63, 3.8) is 0 Å². The Kier molecular flexibility index (Phi) is 3.53. The van der Waals surface area contributed by atoms with E-state index in [-0.39, 0.29) is 5.91 Å². The molecule has 0 aliphatic carbocycles. The van der Waals surface area contributed by atoms with Crippen LogP contribution in [0.4, 0.5) is 0 Å². The molecular weight excluding hydrogens is 284 g/mol. The van der Waals surface area contributed by atoms with Crippen LogP contribution in [0.3, 0.4) is 0 Å². The maximum Gasteiger partial charge on any atom is 0.247 e. The molecule has 0 aromatic heterocycles. The molecule has 2 aromatic carbocycles. The predicted molar refractivity (Wildman–Crippen MR) is 84.6 cm³/mol. The summed E-state index contributed by atoms with van der Waals surface area (Å²) >= 11 is 0. The first kappa shape index (κ1) is 13.9. The van der Waals surface area contributed by atoms with Crippen LogP contribution in [-0.2, 0) is 4.79 Å². The Balaban J connectivity index is 2.15. The molecule has 1 aliphatic rings. The van der Waals surface area contributed by atoms with Gasteiger partial charge in [-0.2, -0.15) is 4.99 Å². The van der Waals surface area contributed by atoms with Crippen LogP contribution in [0.5, 0.6) is 0 Å². The first-order chi connectivity index (χ1) is 10.1. The number of hydrogen-bond acceptors (Lipinski definition) is 2. The molecule has 1 amide bonds. The maximum atomic E-state index is 11.6. The Morgan fingerprint density at radius 3 is 2.52 bits per heavy atom. The molecule has 0 saturated heterocycles. The summed E-state index contributed by atoms with van der Waals surface area (Å²) in [5.74, 6) is 0.253. The summed E-state index contributed by atoms with van der Waals surface area (Å²) in [4.78, 5) is 17.3. The molecular formula is C16H16N2O2S. The molecule has 108 valence electrons. The summed E-state index contributed by atoms with van der Waals surface area (Å²) in [5, 5.41) is 0. The van der Waals surface area contributed by atoms with Gasteiger partial charge in [0.05, 0.1) is 0 Å². The Hall–Kier alpha value is -2.11. The number of amidine groups is 1. The highest BCUT2D eigenvalue weighted by atomic mass is 32.3. The fraction of sp³-hybridized carbons (Fsp3) is 0.125. The van der Waals surface area contributed by atoms with Gasteiger partial charge in [-0.25, -0.2) is 0 Å². The Bertz CT molecular complexity index is 715. The van der Waals surface area contributed by atoms with Gasteiger partial charge in [-0.3, -0.25) is 4.79 Å². The zero-order chi connectivity index (χ0) is 14.9. The highest BCUT2D eigenvalue weighted by molar-refractivity contribution is 8.28. The van der Waals surface area contributed by atoms with Crippen LogP contribution >= 0.6 is 10.5 Å². The number of fused-ring (bicyclic) bond motifs is 1. The molecule has 0 saturated carbocycles. The molecule has 1 heterocycles. The van der Waals surface area contributed by atoms with Gasteiger partial charge in [-0.15, -0.1) is 0 Å². The number of aliphatic imine (C=N–C) groups is 1. The molecule has 1 unspecified atom stereocenters. The summed E-state index contributed by atoms with van der Waals surface area (Å²) in [5.41, 5.74) is 0.792. The largest absolute Gasteiger partial charge is 0.325 e. The van der Waals surface area contributed by atoms with E-state index in [4.69, 9.17) is 0 Å². The molecule has 3 rings (SSSR count). The van der Waals surface area contributed by atoms with Gasteiger partial charge in [-0.05, 0) is 28.7 Å². The van der Waals surface area contributed by atoms with Crippen LogP contribution in [0.15, 0.2) is 69.4 Å². The minimum Gasteiger partial charge on any atom is -0.325 e. The first-order valence-electron chi connectivity index (χ1n) is 6.74. The van der Waals surface area contributed by atoms with Crippen LogP contribution in [0, 0.1) is 0 Å². The molecule has 1 atom stereocenters. The van der Waals surface area contributed by atoms with Crippen molar-refractivity contribution >= 4 is 22.2 Å². The highest BCUT2D eigenvalue weighted by Gasteiger charge is 2.37. The summed E-state index contributed by atoms with van der Waals surface area (Å²) in [6, 6.07) is 16.9. The van der Waals surface area contributed by atoms with Gasteiger partial charge in [0.2, 0.25) is 5.91 Å². The molecule has 5 heteroatoms. The van der Waals surface area contributed by atoms with Crippen LogP contribution < -0.4 is 4.72 Å². The van der Waals surface area contributed by atoms with E-state index in [2.05, 4.69) is 9.71 Å². The highest BCUT2D eigenvalue weighted by Crippen LogP contribution is 2.60. The Labute approximate surface area is 125 Å². The third-order valence-corrected chi connectivity index (χ3v) is 5.76. The van der Waals surface area contributed by atoms with Gasteiger partial charge in [0, 0.05) is 21.8 Å². The summed E-state index contributed by atoms with van der Waals surface area (Å²) in [6.07, 6.45) is 0.340. The smallest absolute Gasteiger partial charge is 0.247 e. The van der Waals surface area contributed by atoms with Gasteiger partial charge in [0.25, 0.3) is 0 Å². The lowest BCUT2D eigenvalue weighted by molar-refractivity contribution is -0.117. The van der Waals surface area contributed by atoms with E-state index in [0.717, 1.165) is 15.4 Å². The lowest BCUT2D eigenvalue weighted by Crippen LogP contribution is -2.21. The molecule has 2 aromatic rings. The Morgan fingerprint density at radius 1 is 1.14 bits per heavy atom. The topological polar surface area (TPSA) is 61.7 Å². The van der Waals surface area contributed by atoms with E-state index in [1.807, 2.05) is 54.6 Å². The van der Waals surface area contributed by atoms with E-state index in [0.29, 0.717) is 12.3 Å². The molecule has 0 radical (unpaired) electrons. The lowest BCUT2D eigenvalue weighted by atomic mass is 10.2. The number of carbonyl (C=O) groups is 1. The molecule has 0 fully saturated rings. The van der Waals surface area contributed by atoms with E-state index in [9.17, 15) is 9.35 Å².